The maximum atomic E-state index is 13.2. The fourth-order valence-corrected chi connectivity index (χ4v) is 1.17. The van der Waals surface area contributed by atoms with Crippen molar-refractivity contribution in [1.82, 2.24) is 0 Å². The second-order valence-corrected chi connectivity index (χ2v) is 3.00. The molecule has 7 heteroatoms. The molecule has 86 valence electrons. The molecule has 0 amide bonds. The molecular weight excluding hydrogens is 224 g/mol. The van der Waals surface area contributed by atoms with E-state index in [2.05, 4.69) is 0 Å². The van der Waals surface area contributed by atoms with Crippen LogP contribution in [-0.4, -0.2) is 22.2 Å². The Labute approximate surface area is 88.1 Å². The first-order chi connectivity index (χ1) is 7.34. The van der Waals surface area contributed by atoms with Gasteiger partial charge in [-0.25, -0.2) is 8.78 Å². The molecule has 0 unspecified atom stereocenters. The van der Waals surface area contributed by atoms with Gasteiger partial charge in [0.1, 0.15) is 11.6 Å². The topological polar surface area (TPSA) is 101 Å². The molecule has 0 aliphatic carbocycles. The molecule has 1 rings (SSSR count). The molecular formula is C9H7F2NO4. The molecule has 16 heavy (non-hydrogen) atoms. The number of hydrogen-bond acceptors (Lipinski definition) is 3. The number of carboxylic acids is 2. The van der Waals surface area contributed by atoms with Gasteiger partial charge in [-0.15, -0.1) is 0 Å². The predicted octanol–water partition coefficient (Wildman–Crippen LogP) is 0.800. The van der Waals surface area contributed by atoms with E-state index in [0.717, 1.165) is 0 Å². The predicted molar refractivity (Wildman–Crippen MR) is 48.8 cm³/mol. The minimum Gasteiger partial charge on any atom is -0.480 e. The highest BCUT2D eigenvalue weighted by molar-refractivity contribution is 5.99. The molecule has 1 aromatic rings. The number of halogens is 2. The summed E-state index contributed by atoms with van der Waals surface area (Å²) < 4.78 is 26.2. The van der Waals surface area contributed by atoms with Gasteiger partial charge in [0.25, 0.3) is 0 Å². The van der Waals surface area contributed by atoms with Crippen molar-refractivity contribution in [2.24, 2.45) is 0 Å². The molecule has 4 N–H and O–H groups in total. The monoisotopic (exact) mass is 231 g/mol. The van der Waals surface area contributed by atoms with Crippen molar-refractivity contribution in [3.05, 3.63) is 29.3 Å². The van der Waals surface area contributed by atoms with E-state index in [1.54, 1.807) is 0 Å². The van der Waals surface area contributed by atoms with E-state index in [0.29, 0.717) is 12.1 Å². The van der Waals surface area contributed by atoms with E-state index in [-0.39, 0.29) is 0 Å². The molecule has 0 atom stereocenters. The first kappa shape index (κ1) is 11.9. The van der Waals surface area contributed by atoms with Crippen LogP contribution in [0, 0.1) is 11.6 Å². The number of anilines is 1. The van der Waals surface area contributed by atoms with Gasteiger partial charge in [0.05, 0.1) is 5.69 Å². The fraction of sp³-hybridized carbons (Fsp3) is 0.111. The number of benzene rings is 1. The van der Waals surface area contributed by atoms with Crippen LogP contribution in [0.2, 0.25) is 0 Å². The maximum Gasteiger partial charge on any atom is 0.322 e. The Morgan fingerprint density at radius 1 is 1.12 bits per heavy atom. The van der Waals surface area contributed by atoms with Gasteiger partial charge in [0.15, 0.2) is 5.92 Å². The summed E-state index contributed by atoms with van der Waals surface area (Å²) >= 11 is 0. The van der Waals surface area contributed by atoms with Crippen molar-refractivity contribution < 1.29 is 28.6 Å². The summed E-state index contributed by atoms with van der Waals surface area (Å²) in [4.78, 5) is 21.2. The highest BCUT2D eigenvalue weighted by Gasteiger charge is 2.31. The van der Waals surface area contributed by atoms with Crippen LogP contribution in [0.25, 0.3) is 0 Å². The molecule has 0 aliphatic rings. The number of carbonyl (C=O) groups is 2. The van der Waals surface area contributed by atoms with E-state index in [1.807, 2.05) is 0 Å². The maximum absolute atomic E-state index is 13.2. The standard InChI is InChI=1S/C9H7F2NO4/c10-4-2-6(12)5(11)1-3(4)7(8(13)14)9(15)16/h1-2,7H,12H2,(H,13,14)(H,15,16). The zero-order valence-corrected chi connectivity index (χ0v) is 7.78. The quantitative estimate of drug-likeness (QED) is 0.527. The van der Waals surface area contributed by atoms with Crippen molar-refractivity contribution in [2.45, 2.75) is 5.92 Å². The normalized spacial score (nSPS) is 10.4. The summed E-state index contributed by atoms with van der Waals surface area (Å²) in [5.74, 6) is -7.96. The number of nitrogens with two attached hydrogens (primary N) is 1. The highest BCUT2D eigenvalue weighted by atomic mass is 19.1. The number of rotatable bonds is 3. The Morgan fingerprint density at radius 2 is 1.62 bits per heavy atom. The van der Waals surface area contributed by atoms with Crippen LogP contribution < -0.4 is 5.73 Å². The second-order valence-electron chi connectivity index (χ2n) is 3.00. The fourth-order valence-electron chi connectivity index (χ4n) is 1.17. The SMILES string of the molecule is Nc1cc(F)c(C(C(=O)O)C(=O)O)cc1F. The van der Waals surface area contributed by atoms with Crippen molar-refractivity contribution in [1.29, 1.82) is 0 Å². The highest BCUT2D eigenvalue weighted by Crippen LogP contribution is 2.24. The van der Waals surface area contributed by atoms with Crippen LogP contribution in [0.4, 0.5) is 14.5 Å². The molecule has 0 aliphatic heterocycles. The van der Waals surface area contributed by atoms with E-state index in [9.17, 15) is 18.4 Å². The van der Waals surface area contributed by atoms with Crippen molar-refractivity contribution >= 4 is 17.6 Å². The Hall–Kier alpha value is -2.18. The van der Waals surface area contributed by atoms with Crippen LogP contribution in [0.5, 0.6) is 0 Å². The minimum absolute atomic E-state index is 0.470. The molecule has 1 aromatic carbocycles. The lowest BCUT2D eigenvalue weighted by Crippen LogP contribution is -2.22. The summed E-state index contributed by atoms with van der Waals surface area (Å²) in [6.45, 7) is 0. The van der Waals surface area contributed by atoms with Crippen LogP contribution in [0.3, 0.4) is 0 Å². The van der Waals surface area contributed by atoms with Gasteiger partial charge in [0, 0.05) is 11.6 Å². The van der Waals surface area contributed by atoms with Crippen LogP contribution in [0.15, 0.2) is 12.1 Å². The van der Waals surface area contributed by atoms with Crippen molar-refractivity contribution in [2.75, 3.05) is 5.73 Å². The minimum atomic E-state index is -2.16. The van der Waals surface area contributed by atoms with E-state index in [4.69, 9.17) is 15.9 Å². The molecule has 0 aromatic heterocycles. The molecule has 0 bridgehead atoms. The lowest BCUT2D eigenvalue weighted by molar-refractivity contribution is -0.150. The van der Waals surface area contributed by atoms with Crippen molar-refractivity contribution in [3.8, 4) is 0 Å². The van der Waals surface area contributed by atoms with Crippen LogP contribution >= 0.6 is 0 Å². The van der Waals surface area contributed by atoms with Gasteiger partial charge in [0.2, 0.25) is 0 Å². The zero-order chi connectivity index (χ0) is 12.5. The largest absolute Gasteiger partial charge is 0.480 e. The Bertz CT molecular complexity index is 447. The van der Waals surface area contributed by atoms with E-state index in [1.165, 1.54) is 0 Å². The molecule has 0 radical (unpaired) electrons. The van der Waals surface area contributed by atoms with Gasteiger partial charge in [-0.05, 0) is 6.07 Å². The van der Waals surface area contributed by atoms with Gasteiger partial charge in [-0.2, -0.15) is 0 Å². The third kappa shape index (κ3) is 2.08. The smallest absolute Gasteiger partial charge is 0.322 e. The number of carboxylic acid groups (broad SMARTS) is 2. The molecule has 0 fully saturated rings. The second kappa shape index (κ2) is 4.13. The number of nitrogen functional groups attached to an aromatic ring is 1. The van der Waals surface area contributed by atoms with Gasteiger partial charge in [-0.3, -0.25) is 9.59 Å². The molecule has 0 saturated heterocycles. The first-order valence-electron chi connectivity index (χ1n) is 4.04. The summed E-state index contributed by atoms with van der Waals surface area (Å²) in [5.41, 5.74) is 3.74. The summed E-state index contributed by atoms with van der Waals surface area (Å²) in [7, 11) is 0. The van der Waals surface area contributed by atoms with E-state index >= 15 is 0 Å². The Morgan fingerprint density at radius 3 is 2.06 bits per heavy atom. The van der Waals surface area contributed by atoms with E-state index < -0.39 is 40.7 Å². The molecule has 5 nitrogen and oxygen atoms in total. The zero-order valence-electron chi connectivity index (χ0n) is 7.78. The molecule has 0 saturated carbocycles. The lowest BCUT2D eigenvalue weighted by Gasteiger charge is -2.09. The van der Waals surface area contributed by atoms with Gasteiger partial charge < -0.3 is 15.9 Å². The summed E-state index contributed by atoms with van der Waals surface area (Å²) in [6, 6.07) is 1.01. The molecule has 0 spiro atoms. The summed E-state index contributed by atoms with van der Waals surface area (Å²) in [6.07, 6.45) is 0. The van der Waals surface area contributed by atoms with Gasteiger partial charge in [-0.1, -0.05) is 0 Å². The number of aliphatic carboxylic acids is 2. The van der Waals surface area contributed by atoms with Gasteiger partial charge >= 0.3 is 11.9 Å². The number of hydrogen-bond donors (Lipinski definition) is 3. The summed E-state index contributed by atoms with van der Waals surface area (Å²) in [5, 5.41) is 17.2. The average Bonchev–Trinajstić information content (AvgIpc) is 2.12. The average molecular weight is 231 g/mol. The Kier molecular flexibility index (Phi) is 3.07. The lowest BCUT2D eigenvalue weighted by atomic mass is 9.98. The van der Waals surface area contributed by atoms with Crippen LogP contribution in [-0.2, 0) is 9.59 Å². The third-order valence-corrected chi connectivity index (χ3v) is 1.92. The molecule has 0 heterocycles. The Balaban J connectivity index is 3.35. The van der Waals surface area contributed by atoms with Crippen molar-refractivity contribution in [3.63, 3.8) is 0 Å². The third-order valence-electron chi connectivity index (χ3n) is 1.92. The first-order valence-corrected chi connectivity index (χ1v) is 4.04. The van der Waals surface area contributed by atoms with Crippen LogP contribution in [0.1, 0.15) is 11.5 Å².